The summed E-state index contributed by atoms with van der Waals surface area (Å²) >= 11 is 1.51. The monoisotopic (exact) mass is 219 g/mol. The van der Waals surface area contributed by atoms with Gasteiger partial charge >= 0.3 is 0 Å². The van der Waals surface area contributed by atoms with Crippen molar-refractivity contribution in [1.29, 1.82) is 0 Å². The van der Waals surface area contributed by atoms with Crippen molar-refractivity contribution in [1.82, 2.24) is 15.3 Å². The van der Waals surface area contributed by atoms with Gasteiger partial charge in [0.05, 0.1) is 17.7 Å². The van der Waals surface area contributed by atoms with Crippen molar-refractivity contribution in [2.75, 3.05) is 0 Å². The number of hydrogen-bond donors (Lipinski definition) is 1. The predicted octanol–water partition coefficient (Wildman–Crippen LogP) is 1.47. The van der Waals surface area contributed by atoms with Gasteiger partial charge in [-0.25, -0.2) is 4.98 Å². The average molecular weight is 219 g/mol. The molecule has 0 unspecified atom stereocenters. The number of nitrogens with one attached hydrogen (secondary N) is 1. The molecule has 0 atom stereocenters. The van der Waals surface area contributed by atoms with Crippen LogP contribution in [-0.4, -0.2) is 15.9 Å². The second kappa shape index (κ2) is 4.65. The van der Waals surface area contributed by atoms with Gasteiger partial charge in [-0.15, -0.1) is 11.3 Å². The Bertz CT molecular complexity index is 427. The largest absolute Gasteiger partial charge is 0.346 e. The summed E-state index contributed by atoms with van der Waals surface area (Å²) in [5, 5.41) is 4.69. The molecule has 0 aliphatic heterocycles. The third-order valence-electron chi connectivity index (χ3n) is 1.86. The lowest BCUT2D eigenvalue weighted by atomic mass is 10.2. The molecule has 0 spiro atoms. The molecule has 2 heterocycles. The molecule has 0 aliphatic carbocycles. The van der Waals surface area contributed by atoms with E-state index in [-0.39, 0.29) is 5.91 Å². The summed E-state index contributed by atoms with van der Waals surface area (Å²) in [6.07, 6.45) is 3.19. The molecule has 0 radical (unpaired) electrons. The van der Waals surface area contributed by atoms with Crippen LogP contribution >= 0.6 is 11.3 Å². The second-order valence-corrected chi connectivity index (χ2v) is 3.62. The number of amides is 1. The van der Waals surface area contributed by atoms with Gasteiger partial charge in [0.2, 0.25) is 0 Å². The summed E-state index contributed by atoms with van der Waals surface area (Å²) in [4.78, 5) is 19.5. The third-order valence-corrected chi connectivity index (χ3v) is 2.49. The van der Waals surface area contributed by atoms with Crippen molar-refractivity contribution in [3.05, 3.63) is 46.7 Å². The summed E-state index contributed by atoms with van der Waals surface area (Å²) in [7, 11) is 0. The molecule has 15 heavy (non-hydrogen) atoms. The summed E-state index contributed by atoms with van der Waals surface area (Å²) < 4.78 is 0. The first kappa shape index (κ1) is 9.79. The van der Waals surface area contributed by atoms with Crippen molar-refractivity contribution in [3.63, 3.8) is 0 Å². The molecule has 76 valence electrons. The number of nitrogens with zero attached hydrogens (tertiary/aromatic N) is 2. The van der Waals surface area contributed by atoms with Crippen LogP contribution < -0.4 is 5.32 Å². The number of rotatable bonds is 3. The SMILES string of the molecule is O=C(NCc1cscn1)c1ccncc1. The fraction of sp³-hybridized carbons (Fsp3) is 0.100. The maximum absolute atomic E-state index is 11.6. The van der Waals surface area contributed by atoms with Gasteiger partial charge in [-0.2, -0.15) is 0 Å². The standard InChI is InChI=1S/C10H9N3OS/c14-10(8-1-3-11-4-2-8)12-5-9-6-15-7-13-9/h1-4,6-7H,5H2,(H,12,14). The molecule has 0 aromatic carbocycles. The summed E-state index contributed by atoms with van der Waals surface area (Å²) in [6.45, 7) is 0.463. The normalized spacial score (nSPS) is 9.87. The number of pyridine rings is 1. The first-order chi connectivity index (χ1) is 7.36. The maximum Gasteiger partial charge on any atom is 0.251 e. The van der Waals surface area contributed by atoms with Crippen LogP contribution in [0.4, 0.5) is 0 Å². The predicted molar refractivity (Wildman–Crippen MR) is 57.5 cm³/mol. The number of carbonyl (C=O) groups excluding carboxylic acids is 1. The topological polar surface area (TPSA) is 54.9 Å². The summed E-state index contributed by atoms with van der Waals surface area (Å²) in [6, 6.07) is 3.35. The molecule has 5 heteroatoms. The zero-order chi connectivity index (χ0) is 10.5. The van der Waals surface area contributed by atoms with Crippen LogP contribution in [-0.2, 0) is 6.54 Å². The lowest BCUT2D eigenvalue weighted by molar-refractivity contribution is 0.0950. The van der Waals surface area contributed by atoms with Crippen LogP contribution in [0.25, 0.3) is 0 Å². The first-order valence-corrected chi connectivity index (χ1v) is 5.36. The Kier molecular flexibility index (Phi) is 3.04. The molecule has 0 saturated heterocycles. The Hall–Kier alpha value is -1.75. The molecule has 1 N–H and O–H groups in total. The Balaban J connectivity index is 1.94. The first-order valence-electron chi connectivity index (χ1n) is 4.41. The quantitative estimate of drug-likeness (QED) is 0.850. The van der Waals surface area contributed by atoms with E-state index in [1.165, 1.54) is 11.3 Å². The van der Waals surface area contributed by atoms with Crippen molar-refractivity contribution in [2.24, 2.45) is 0 Å². The zero-order valence-electron chi connectivity index (χ0n) is 7.88. The van der Waals surface area contributed by atoms with Gasteiger partial charge in [-0.05, 0) is 12.1 Å². The van der Waals surface area contributed by atoms with Gasteiger partial charge < -0.3 is 5.32 Å². The van der Waals surface area contributed by atoms with Crippen LogP contribution in [0.3, 0.4) is 0 Å². The smallest absolute Gasteiger partial charge is 0.251 e. The Labute approximate surface area is 91.0 Å². The van der Waals surface area contributed by atoms with Crippen molar-refractivity contribution in [2.45, 2.75) is 6.54 Å². The van der Waals surface area contributed by atoms with Gasteiger partial charge in [0.25, 0.3) is 5.91 Å². The lowest BCUT2D eigenvalue weighted by Gasteiger charge is -2.02. The molecule has 0 saturated carbocycles. The Morgan fingerprint density at radius 1 is 1.40 bits per heavy atom. The minimum Gasteiger partial charge on any atom is -0.346 e. The highest BCUT2D eigenvalue weighted by Crippen LogP contribution is 2.01. The van der Waals surface area contributed by atoms with Crippen molar-refractivity contribution < 1.29 is 4.79 Å². The molecule has 2 rings (SSSR count). The highest BCUT2D eigenvalue weighted by atomic mass is 32.1. The summed E-state index contributed by atoms with van der Waals surface area (Å²) in [5.74, 6) is -0.106. The molecule has 0 bridgehead atoms. The van der Waals surface area contributed by atoms with Crippen LogP contribution in [0, 0.1) is 0 Å². The van der Waals surface area contributed by atoms with Crippen molar-refractivity contribution >= 4 is 17.2 Å². The van der Waals surface area contributed by atoms with Gasteiger partial charge in [0.1, 0.15) is 0 Å². The Morgan fingerprint density at radius 2 is 2.20 bits per heavy atom. The second-order valence-electron chi connectivity index (χ2n) is 2.90. The maximum atomic E-state index is 11.6. The molecule has 2 aromatic heterocycles. The van der Waals surface area contributed by atoms with E-state index in [2.05, 4.69) is 15.3 Å². The minimum atomic E-state index is -0.106. The van der Waals surface area contributed by atoms with E-state index in [0.29, 0.717) is 12.1 Å². The molecule has 1 amide bonds. The highest BCUT2D eigenvalue weighted by Gasteiger charge is 2.04. The van der Waals surface area contributed by atoms with E-state index in [1.54, 1.807) is 30.0 Å². The van der Waals surface area contributed by atoms with E-state index in [4.69, 9.17) is 0 Å². The van der Waals surface area contributed by atoms with Gasteiger partial charge in [0, 0.05) is 23.3 Å². The fourth-order valence-corrected chi connectivity index (χ4v) is 1.66. The molecular weight excluding hydrogens is 210 g/mol. The van der Waals surface area contributed by atoms with Crippen LogP contribution in [0.5, 0.6) is 0 Å². The Morgan fingerprint density at radius 3 is 2.87 bits per heavy atom. The van der Waals surface area contributed by atoms with Crippen molar-refractivity contribution in [3.8, 4) is 0 Å². The number of carbonyl (C=O) groups is 1. The van der Waals surface area contributed by atoms with Gasteiger partial charge in [0.15, 0.2) is 0 Å². The van der Waals surface area contributed by atoms with E-state index < -0.39 is 0 Å². The summed E-state index contributed by atoms with van der Waals surface area (Å²) in [5.41, 5.74) is 3.23. The number of hydrogen-bond acceptors (Lipinski definition) is 4. The van der Waals surface area contributed by atoms with E-state index >= 15 is 0 Å². The number of thiazole rings is 1. The lowest BCUT2D eigenvalue weighted by Crippen LogP contribution is -2.22. The third kappa shape index (κ3) is 2.60. The highest BCUT2D eigenvalue weighted by molar-refractivity contribution is 7.07. The minimum absolute atomic E-state index is 0.106. The van der Waals surface area contributed by atoms with E-state index in [9.17, 15) is 4.79 Å². The van der Waals surface area contributed by atoms with Crippen LogP contribution in [0.1, 0.15) is 16.1 Å². The number of aromatic nitrogens is 2. The van der Waals surface area contributed by atoms with Crippen LogP contribution in [0.15, 0.2) is 35.4 Å². The average Bonchev–Trinajstić information content (AvgIpc) is 2.80. The van der Waals surface area contributed by atoms with Gasteiger partial charge in [-0.3, -0.25) is 9.78 Å². The van der Waals surface area contributed by atoms with E-state index in [0.717, 1.165) is 5.69 Å². The molecule has 0 aliphatic rings. The van der Waals surface area contributed by atoms with E-state index in [1.807, 2.05) is 5.38 Å². The molecule has 4 nitrogen and oxygen atoms in total. The molecular formula is C10H9N3OS. The zero-order valence-corrected chi connectivity index (χ0v) is 8.70. The molecule has 0 fully saturated rings. The van der Waals surface area contributed by atoms with Gasteiger partial charge in [-0.1, -0.05) is 0 Å². The van der Waals surface area contributed by atoms with Crippen LogP contribution in [0.2, 0.25) is 0 Å². The molecule has 2 aromatic rings. The fourth-order valence-electron chi connectivity index (χ4n) is 1.10.